The summed E-state index contributed by atoms with van der Waals surface area (Å²) in [5.41, 5.74) is 1.66. The molecule has 4 rings (SSSR count). The van der Waals surface area contributed by atoms with Gasteiger partial charge in [-0.25, -0.2) is 4.79 Å². The lowest BCUT2D eigenvalue weighted by atomic mass is 9.81. The summed E-state index contributed by atoms with van der Waals surface area (Å²) in [5.74, 6) is -7.50. The molecule has 3 heterocycles. The molecule has 1 saturated carbocycles. The highest BCUT2D eigenvalue weighted by molar-refractivity contribution is 6.39. The molecule has 13 heteroatoms. The van der Waals surface area contributed by atoms with E-state index >= 15 is 0 Å². The fraction of sp³-hybridized carbons (Fsp3) is 0.814. The van der Waals surface area contributed by atoms with Gasteiger partial charge < -0.3 is 43.9 Å². The van der Waals surface area contributed by atoms with Crippen molar-refractivity contribution in [3.63, 3.8) is 0 Å². The van der Waals surface area contributed by atoms with Gasteiger partial charge in [-0.15, -0.1) is 0 Å². The zero-order chi connectivity index (χ0) is 41.5. The maximum absolute atomic E-state index is 14.3. The Labute approximate surface area is 333 Å². The highest BCUT2D eigenvalue weighted by Gasteiger charge is 2.56. The quantitative estimate of drug-likeness (QED) is 0.196. The number of piperidine rings is 1. The number of carbonyl (C=O) groups excluding carboxylic acids is 4. The Morgan fingerprint density at radius 2 is 1.57 bits per heavy atom. The second kappa shape index (κ2) is 20.4. The second-order valence-electron chi connectivity index (χ2n) is 17.2. The van der Waals surface area contributed by atoms with Crippen molar-refractivity contribution in [3.8, 4) is 0 Å². The predicted octanol–water partition coefficient (Wildman–Crippen LogP) is 4.47. The number of allylic oxidation sites excluding steroid dienone is 3. The van der Waals surface area contributed by atoms with Gasteiger partial charge in [0.25, 0.3) is 11.7 Å². The first-order valence-electron chi connectivity index (χ1n) is 20.8. The molecule has 0 aromatic rings. The van der Waals surface area contributed by atoms with Crippen molar-refractivity contribution in [1.29, 1.82) is 0 Å². The van der Waals surface area contributed by atoms with Gasteiger partial charge in [0.1, 0.15) is 24.0 Å². The van der Waals surface area contributed by atoms with Crippen LogP contribution in [0.1, 0.15) is 112 Å². The first-order valence-corrected chi connectivity index (χ1v) is 20.8. The van der Waals surface area contributed by atoms with Crippen LogP contribution in [0.2, 0.25) is 0 Å². The molecule has 3 N–H and O–H groups in total. The van der Waals surface area contributed by atoms with Gasteiger partial charge in [0.2, 0.25) is 5.79 Å². The first kappa shape index (κ1) is 46.2. The molecular formula is C43H69NO12. The van der Waals surface area contributed by atoms with Gasteiger partial charge in [-0.3, -0.25) is 14.4 Å². The van der Waals surface area contributed by atoms with Crippen LogP contribution in [-0.2, 0) is 42.9 Å². The number of methoxy groups -OCH3 is 3. The molecule has 0 aromatic heterocycles. The van der Waals surface area contributed by atoms with Gasteiger partial charge in [0.05, 0.1) is 30.5 Å². The third kappa shape index (κ3) is 10.7. The van der Waals surface area contributed by atoms with Gasteiger partial charge in [-0.05, 0) is 95.5 Å². The summed E-state index contributed by atoms with van der Waals surface area (Å²) < 4.78 is 29.7. The minimum atomic E-state index is -2.50. The number of esters is 1. The molecular weight excluding hydrogens is 722 g/mol. The summed E-state index contributed by atoms with van der Waals surface area (Å²) in [7, 11) is 4.63. The topological polar surface area (TPSA) is 178 Å². The van der Waals surface area contributed by atoms with Crippen molar-refractivity contribution in [2.45, 2.75) is 167 Å². The Hall–Kier alpha value is -2.52. The predicted molar refractivity (Wildman–Crippen MR) is 208 cm³/mol. The Balaban J connectivity index is 1.76. The van der Waals surface area contributed by atoms with Crippen molar-refractivity contribution in [2.75, 3.05) is 27.9 Å². The Kier molecular flexibility index (Phi) is 16.9. The molecule has 0 aromatic carbocycles. The van der Waals surface area contributed by atoms with Crippen LogP contribution < -0.4 is 0 Å². The van der Waals surface area contributed by atoms with E-state index in [0.29, 0.717) is 56.9 Å². The molecule has 4 aliphatic rings. The zero-order valence-corrected chi connectivity index (χ0v) is 35.1. The summed E-state index contributed by atoms with van der Waals surface area (Å²) in [6.45, 7) is 11.3. The van der Waals surface area contributed by atoms with Crippen molar-refractivity contribution in [1.82, 2.24) is 4.90 Å². The number of ether oxygens (including phenoxy) is 5. The van der Waals surface area contributed by atoms with Gasteiger partial charge >= 0.3 is 5.97 Å². The van der Waals surface area contributed by atoms with E-state index in [2.05, 4.69) is 6.92 Å². The van der Waals surface area contributed by atoms with E-state index in [0.717, 1.165) is 5.57 Å². The molecule has 1 amide bonds. The number of cyclic esters (lactones) is 1. The van der Waals surface area contributed by atoms with Gasteiger partial charge in [0.15, 0.2) is 0 Å². The minimum absolute atomic E-state index is 0.000914. The van der Waals surface area contributed by atoms with E-state index in [-0.39, 0.29) is 49.5 Å². The summed E-state index contributed by atoms with van der Waals surface area (Å²) in [4.78, 5) is 57.6. The minimum Gasteiger partial charge on any atom is -0.456 e. The van der Waals surface area contributed by atoms with E-state index in [9.17, 15) is 34.5 Å². The van der Waals surface area contributed by atoms with E-state index in [1.807, 2.05) is 32.9 Å². The molecule has 0 unspecified atom stereocenters. The monoisotopic (exact) mass is 791 g/mol. The van der Waals surface area contributed by atoms with Crippen LogP contribution in [0, 0.1) is 29.6 Å². The maximum Gasteiger partial charge on any atom is 0.329 e. The smallest absolute Gasteiger partial charge is 0.329 e. The molecule has 3 fully saturated rings. The summed E-state index contributed by atoms with van der Waals surface area (Å²) in [6.07, 6.45) is 3.72. The number of rotatable bonds is 6. The highest BCUT2D eigenvalue weighted by atomic mass is 16.7. The van der Waals surface area contributed by atoms with Gasteiger partial charge in [-0.2, -0.15) is 0 Å². The SMILES string of the molecule is CC[C@@H]1/C=C(\C)C[C@H](C)C[C@H](OC)[C@H]2O[C@@](O)(C(=O)C(=O)N3CCCC[C@H]3C(=O)O[C@H](/C(C)=C/[C@@H]3CC[C@@H](O)[C@H](OC)C3)[C@H](C)[C@@H](O)CC1=O)[C@@H](C)C[C@@H]2OC. The maximum atomic E-state index is 14.3. The van der Waals surface area contributed by atoms with Gasteiger partial charge in [-0.1, -0.05) is 45.4 Å². The van der Waals surface area contributed by atoms with E-state index in [1.54, 1.807) is 21.0 Å². The second-order valence-corrected chi connectivity index (χ2v) is 17.2. The van der Waals surface area contributed by atoms with Crippen LogP contribution in [0.3, 0.4) is 0 Å². The number of carbonyl (C=O) groups is 4. The largest absolute Gasteiger partial charge is 0.456 e. The standard InChI is InChI=1S/C43H69NO12/c1-10-30-18-24(2)17-25(3)19-36(53-8)39-37(54-9)21-27(5)43(51,56-39)40(48)41(49)44-16-12-11-13-31(44)42(50)55-38(28(6)33(46)23-34(30)47)26(4)20-29-14-15-32(45)35(22-29)52-7/h18,20,25,27-33,35-39,45-46,51H,10-17,19,21-23H2,1-9H3/b24-18+,26-20+/t25-,27-,28+,29-,30+,31-,32+,33-,35+,36-,37-,38+,39+,43+/m0/s1. The number of aliphatic hydroxyl groups excluding tert-OH is 2. The molecule has 14 atom stereocenters. The fourth-order valence-corrected chi connectivity index (χ4v) is 9.39. The summed E-state index contributed by atoms with van der Waals surface area (Å²) in [5, 5.41) is 34.1. The van der Waals surface area contributed by atoms with Crippen molar-refractivity contribution in [2.24, 2.45) is 29.6 Å². The number of nitrogens with zero attached hydrogens (tertiary/aromatic N) is 1. The lowest BCUT2D eigenvalue weighted by Crippen LogP contribution is -2.64. The number of Topliss-reactive ketones (excluding diaryl/α,β-unsaturated/α-hetero) is 2. The number of hydrogen-bond acceptors (Lipinski definition) is 12. The number of ketones is 2. The van der Waals surface area contributed by atoms with Gasteiger partial charge in [0, 0.05) is 52.0 Å². The number of fused-ring (bicyclic) bond motifs is 3. The molecule has 13 nitrogen and oxygen atoms in total. The number of hydrogen-bond donors (Lipinski definition) is 3. The van der Waals surface area contributed by atoms with Crippen molar-refractivity contribution in [3.05, 3.63) is 23.3 Å². The van der Waals surface area contributed by atoms with Crippen LogP contribution >= 0.6 is 0 Å². The van der Waals surface area contributed by atoms with Crippen LogP contribution in [0.4, 0.5) is 0 Å². The molecule has 1 aliphatic carbocycles. The third-order valence-electron chi connectivity index (χ3n) is 12.9. The molecule has 0 radical (unpaired) electrons. The summed E-state index contributed by atoms with van der Waals surface area (Å²) in [6, 6.07) is -1.13. The lowest BCUT2D eigenvalue weighted by molar-refractivity contribution is -0.302. The Bertz CT molecular complexity index is 1430. The van der Waals surface area contributed by atoms with Crippen LogP contribution in [0.15, 0.2) is 23.3 Å². The average molecular weight is 792 g/mol. The van der Waals surface area contributed by atoms with E-state index in [4.69, 9.17) is 23.7 Å². The van der Waals surface area contributed by atoms with Crippen LogP contribution in [0.5, 0.6) is 0 Å². The van der Waals surface area contributed by atoms with Crippen molar-refractivity contribution >= 4 is 23.4 Å². The average Bonchev–Trinajstić information content (AvgIpc) is 3.18. The lowest BCUT2D eigenvalue weighted by Gasteiger charge is -2.47. The first-order chi connectivity index (χ1) is 26.5. The van der Waals surface area contributed by atoms with E-state index in [1.165, 1.54) is 19.1 Å². The molecule has 2 bridgehead atoms. The third-order valence-corrected chi connectivity index (χ3v) is 12.9. The number of aliphatic hydroxyl groups is 3. The Morgan fingerprint density at radius 3 is 2.21 bits per heavy atom. The summed E-state index contributed by atoms with van der Waals surface area (Å²) >= 11 is 0. The molecule has 3 aliphatic heterocycles. The highest BCUT2D eigenvalue weighted by Crippen LogP contribution is 2.39. The van der Waals surface area contributed by atoms with E-state index < -0.39 is 83.9 Å². The number of amides is 1. The molecule has 56 heavy (non-hydrogen) atoms. The Morgan fingerprint density at radius 1 is 0.911 bits per heavy atom. The van der Waals surface area contributed by atoms with Crippen molar-refractivity contribution < 1.29 is 58.2 Å². The normalized spacial score (nSPS) is 41.6. The van der Waals surface area contributed by atoms with Crippen LogP contribution in [0.25, 0.3) is 0 Å². The zero-order valence-electron chi connectivity index (χ0n) is 35.1. The molecule has 2 saturated heterocycles. The fourth-order valence-electron chi connectivity index (χ4n) is 9.39. The molecule has 0 spiro atoms. The molecule has 318 valence electrons. The van der Waals surface area contributed by atoms with Crippen LogP contribution in [-0.4, -0.2) is 126 Å².